The molecule has 104 valence electrons. The molecule has 0 saturated heterocycles. The first-order valence-corrected chi connectivity index (χ1v) is 7.48. The molecule has 0 aromatic heterocycles. The van der Waals surface area contributed by atoms with Crippen molar-refractivity contribution in [3.05, 3.63) is 0 Å². The number of carboxylic acid groups (broad SMARTS) is 1. The number of carboxylic acids is 1. The third-order valence-electron chi connectivity index (χ3n) is 5.15. The molecule has 0 aromatic rings. The summed E-state index contributed by atoms with van der Waals surface area (Å²) in [5, 5.41) is 20.1. The maximum Gasteiger partial charge on any atom is 0.310 e. The monoisotopic (exact) mass is 254 g/mol. The molecule has 0 radical (unpaired) electrons. The lowest BCUT2D eigenvalue weighted by Crippen LogP contribution is -2.46. The Morgan fingerprint density at radius 1 is 1.11 bits per heavy atom. The molecule has 2 aliphatic rings. The Morgan fingerprint density at radius 3 is 2.50 bits per heavy atom. The summed E-state index contributed by atoms with van der Waals surface area (Å²) in [5.41, 5.74) is -0.651. The summed E-state index contributed by atoms with van der Waals surface area (Å²) in [6.07, 6.45) is 8.17. The van der Waals surface area contributed by atoms with Crippen molar-refractivity contribution in [3.8, 4) is 0 Å². The van der Waals surface area contributed by atoms with Crippen LogP contribution in [0.4, 0.5) is 0 Å². The summed E-state index contributed by atoms with van der Waals surface area (Å²) < 4.78 is 0. The molecule has 2 rings (SSSR count). The quantitative estimate of drug-likeness (QED) is 0.744. The van der Waals surface area contributed by atoms with Crippen LogP contribution in [0, 0.1) is 17.3 Å². The fourth-order valence-electron chi connectivity index (χ4n) is 4.21. The molecule has 2 N–H and O–H groups in total. The van der Waals surface area contributed by atoms with Crippen LogP contribution < -0.4 is 0 Å². The van der Waals surface area contributed by atoms with Crippen molar-refractivity contribution in [2.24, 2.45) is 17.3 Å². The zero-order chi connectivity index (χ0) is 13.2. The summed E-state index contributed by atoms with van der Waals surface area (Å²) in [6.45, 7) is 2.15. The van der Waals surface area contributed by atoms with Crippen LogP contribution in [-0.4, -0.2) is 22.3 Å². The van der Waals surface area contributed by atoms with Gasteiger partial charge in [0.05, 0.1) is 11.5 Å². The van der Waals surface area contributed by atoms with Crippen LogP contribution in [-0.2, 0) is 4.79 Å². The van der Waals surface area contributed by atoms with Crippen molar-refractivity contribution in [2.45, 2.75) is 70.8 Å². The van der Waals surface area contributed by atoms with Crippen LogP contribution in [0.25, 0.3) is 0 Å². The Kier molecular flexibility index (Phi) is 4.31. The summed E-state index contributed by atoms with van der Waals surface area (Å²) in [7, 11) is 0. The lowest BCUT2D eigenvalue weighted by molar-refractivity contribution is -0.161. The Bertz CT molecular complexity index is 302. The Hall–Kier alpha value is -0.570. The minimum atomic E-state index is -0.667. The summed E-state index contributed by atoms with van der Waals surface area (Å²) in [4.78, 5) is 11.9. The smallest absolute Gasteiger partial charge is 0.310 e. The van der Waals surface area contributed by atoms with Gasteiger partial charge in [-0.05, 0) is 31.6 Å². The third-order valence-corrected chi connectivity index (χ3v) is 5.15. The Morgan fingerprint density at radius 2 is 1.83 bits per heavy atom. The fraction of sp³-hybridized carbons (Fsp3) is 0.933. The average Bonchev–Trinajstić information content (AvgIpc) is 2.53. The van der Waals surface area contributed by atoms with Gasteiger partial charge < -0.3 is 10.2 Å². The van der Waals surface area contributed by atoms with Crippen molar-refractivity contribution in [2.75, 3.05) is 0 Å². The van der Waals surface area contributed by atoms with E-state index in [4.69, 9.17) is 0 Å². The van der Waals surface area contributed by atoms with Gasteiger partial charge in [0, 0.05) is 5.92 Å². The molecule has 4 unspecified atom stereocenters. The normalized spacial score (nSPS) is 42.2. The van der Waals surface area contributed by atoms with Crippen molar-refractivity contribution in [1.82, 2.24) is 0 Å². The molecule has 0 heterocycles. The van der Waals surface area contributed by atoms with Crippen LogP contribution in [0.1, 0.15) is 64.7 Å². The van der Waals surface area contributed by atoms with Crippen molar-refractivity contribution in [3.63, 3.8) is 0 Å². The summed E-state index contributed by atoms with van der Waals surface area (Å²) in [5.74, 6) is -0.217. The van der Waals surface area contributed by atoms with Gasteiger partial charge in [-0.25, -0.2) is 0 Å². The van der Waals surface area contributed by atoms with E-state index in [1.807, 2.05) is 0 Å². The molecular weight excluding hydrogens is 228 g/mol. The van der Waals surface area contributed by atoms with Gasteiger partial charge in [0.1, 0.15) is 0 Å². The van der Waals surface area contributed by atoms with Crippen molar-refractivity contribution < 1.29 is 15.0 Å². The lowest BCUT2D eigenvalue weighted by Gasteiger charge is -2.44. The molecule has 3 heteroatoms. The van der Waals surface area contributed by atoms with Crippen LogP contribution in [0.15, 0.2) is 0 Å². The summed E-state index contributed by atoms with van der Waals surface area (Å²) in [6, 6.07) is 0. The predicted molar refractivity (Wildman–Crippen MR) is 70.3 cm³/mol. The van der Waals surface area contributed by atoms with Gasteiger partial charge in [0.15, 0.2) is 0 Å². The molecular formula is C15H26O3. The minimum absolute atomic E-state index is 0.0275. The molecule has 0 spiro atoms. The maximum atomic E-state index is 11.9. The zero-order valence-electron chi connectivity index (χ0n) is 11.4. The van der Waals surface area contributed by atoms with Crippen LogP contribution in [0.5, 0.6) is 0 Å². The topological polar surface area (TPSA) is 57.5 Å². The van der Waals surface area contributed by atoms with E-state index in [1.165, 1.54) is 0 Å². The largest absolute Gasteiger partial charge is 0.481 e. The standard InChI is InChI=1S/C15H26O3/c1-11-6-5-9-15(10-11,14(17)18)12-7-3-2-4-8-13(12)16/h11-13,16H,2-10H2,1H3,(H,17,18). The van der Waals surface area contributed by atoms with Gasteiger partial charge in [-0.15, -0.1) is 0 Å². The molecule has 0 bridgehead atoms. The molecule has 0 aliphatic heterocycles. The lowest BCUT2D eigenvalue weighted by atomic mass is 9.60. The first kappa shape index (κ1) is 13.9. The number of aliphatic hydroxyl groups excluding tert-OH is 1. The van der Waals surface area contributed by atoms with E-state index in [9.17, 15) is 15.0 Å². The maximum absolute atomic E-state index is 11.9. The number of carbonyl (C=O) groups is 1. The van der Waals surface area contributed by atoms with Crippen LogP contribution in [0.2, 0.25) is 0 Å². The van der Waals surface area contributed by atoms with E-state index in [2.05, 4.69) is 6.92 Å². The molecule has 0 aromatic carbocycles. The van der Waals surface area contributed by atoms with E-state index < -0.39 is 17.5 Å². The fourth-order valence-corrected chi connectivity index (χ4v) is 4.21. The number of rotatable bonds is 2. The number of hydrogen-bond acceptors (Lipinski definition) is 2. The highest BCUT2D eigenvalue weighted by Crippen LogP contribution is 2.49. The molecule has 4 atom stereocenters. The second kappa shape index (κ2) is 5.60. The van der Waals surface area contributed by atoms with E-state index >= 15 is 0 Å². The third kappa shape index (κ3) is 2.56. The first-order chi connectivity index (χ1) is 8.56. The molecule has 2 saturated carbocycles. The van der Waals surface area contributed by atoms with Gasteiger partial charge in [-0.1, -0.05) is 39.0 Å². The second-order valence-corrected chi connectivity index (χ2v) is 6.47. The molecule has 2 fully saturated rings. The summed E-state index contributed by atoms with van der Waals surface area (Å²) >= 11 is 0. The van der Waals surface area contributed by atoms with Gasteiger partial charge in [0.2, 0.25) is 0 Å². The molecule has 2 aliphatic carbocycles. The zero-order valence-corrected chi connectivity index (χ0v) is 11.4. The van der Waals surface area contributed by atoms with Crippen molar-refractivity contribution >= 4 is 5.97 Å². The van der Waals surface area contributed by atoms with Gasteiger partial charge in [-0.3, -0.25) is 4.79 Å². The van der Waals surface area contributed by atoms with Crippen molar-refractivity contribution in [1.29, 1.82) is 0 Å². The average molecular weight is 254 g/mol. The Labute approximate surface area is 110 Å². The van der Waals surface area contributed by atoms with E-state index in [1.54, 1.807) is 0 Å². The van der Waals surface area contributed by atoms with Gasteiger partial charge in [-0.2, -0.15) is 0 Å². The SMILES string of the molecule is CC1CCCC(C(=O)O)(C2CCCCCC2O)C1. The Balaban J connectivity index is 2.24. The van der Waals surface area contributed by atoms with Crippen LogP contribution in [0.3, 0.4) is 0 Å². The predicted octanol–water partition coefficient (Wildman–Crippen LogP) is 3.21. The molecule has 18 heavy (non-hydrogen) atoms. The second-order valence-electron chi connectivity index (χ2n) is 6.47. The van der Waals surface area contributed by atoms with Crippen LogP contribution >= 0.6 is 0 Å². The first-order valence-electron chi connectivity index (χ1n) is 7.48. The number of aliphatic hydroxyl groups is 1. The van der Waals surface area contributed by atoms with E-state index in [0.29, 0.717) is 5.92 Å². The highest BCUT2D eigenvalue weighted by Gasteiger charge is 2.50. The van der Waals surface area contributed by atoms with Gasteiger partial charge >= 0.3 is 5.97 Å². The van der Waals surface area contributed by atoms with E-state index in [-0.39, 0.29) is 5.92 Å². The highest BCUT2D eigenvalue weighted by molar-refractivity contribution is 5.75. The minimum Gasteiger partial charge on any atom is -0.481 e. The number of aliphatic carboxylic acids is 1. The number of hydrogen-bond donors (Lipinski definition) is 2. The molecule has 0 amide bonds. The molecule has 3 nitrogen and oxygen atoms in total. The van der Waals surface area contributed by atoms with E-state index in [0.717, 1.165) is 57.8 Å². The highest BCUT2D eigenvalue weighted by atomic mass is 16.4. The van der Waals surface area contributed by atoms with Gasteiger partial charge in [0.25, 0.3) is 0 Å².